The number of likely N-dealkylation sites (tertiary alicyclic amines) is 2. The first-order valence-corrected chi connectivity index (χ1v) is 15.3. The molecule has 0 bridgehead atoms. The number of amides is 2. The zero-order chi connectivity index (χ0) is 26.7. The maximum absolute atomic E-state index is 12.2. The van der Waals surface area contributed by atoms with E-state index in [2.05, 4.69) is 33.0 Å². The number of anilines is 1. The number of aliphatic hydroxyl groups excluding tert-OH is 1. The summed E-state index contributed by atoms with van der Waals surface area (Å²) in [5, 5.41) is 10.5. The number of hydrogen-bond donors (Lipinski definition) is 1. The second-order valence-electron chi connectivity index (χ2n) is 11.5. The van der Waals surface area contributed by atoms with Gasteiger partial charge in [-0.05, 0) is 68.4 Å². The SMILES string of the molecule is O=C1CCC(=O)N1Cc1cc2nccc(-c3cc(Cl)cc4c3N([C@@H]3CN(CCO)C5(CCC5)C3)CCC4)c2s1. The van der Waals surface area contributed by atoms with E-state index in [4.69, 9.17) is 11.6 Å². The number of aliphatic hydroxyl groups is 1. The van der Waals surface area contributed by atoms with Crippen molar-refractivity contribution in [3.05, 3.63) is 45.9 Å². The number of thiophene rings is 1. The quantitative estimate of drug-likeness (QED) is 0.424. The fourth-order valence-electron chi connectivity index (χ4n) is 7.38. The third-order valence-corrected chi connectivity index (χ3v) is 10.7. The smallest absolute Gasteiger partial charge is 0.230 e. The van der Waals surface area contributed by atoms with E-state index in [0.29, 0.717) is 25.4 Å². The summed E-state index contributed by atoms with van der Waals surface area (Å²) in [4.78, 5) is 36.6. The minimum atomic E-state index is -0.0961. The predicted octanol–water partition coefficient (Wildman–Crippen LogP) is 5.01. The molecule has 1 atom stereocenters. The van der Waals surface area contributed by atoms with Crippen molar-refractivity contribution in [1.29, 1.82) is 0 Å². The Morgan fingerprint density at radius 3 is 2.64 bits per heavy atom. The molecule has 2 aromatic heterocycles. The molecule has 2 amide bonds. The topological polar surface area (TPSA) is 77.0 Å². The number of hydrogen-bond acceptors (Lipinski definition) is 7. The molecule has 4 aliphatic rings. The highest BCUT2D eigenvalue weighted by atomic mass is 35.5. The van der Waals surface area contributed by atoms with Crippen molar-refractivity contribution in [2.24, 2.45) is 0 Å². The van der Waals surface area contributed by atoms with E-state index in [1.165, 1.54) is 35.4 Å². The number of halogens is 1. The number of nitrogens with zero attached hydrogens (tertiary/aromatic N) is 4. The molecule has 0 radical (unpaired) electrons. The van der Waals surface area contributed by atoms with E-state index in [1.807, 2.05) is 12.3 Å². The number of carbonyl (C=O) groups is 2. The van der Waals surface area contributed by atoms with Gasteiger partial charge < -0.3 is 10.0 Å². The molecule has 3 aliphatic heterocycles. The normalized spacial score (nSPS) is 22.8. The van der Waals surface area contributed by atoms with Crippen LogP contribution in [0.2, 0.25) is 5.02 Å². The van der Waals surface area contributed by atoms with Gasteiger partial charge in [0.25, 0.3) is 0 Å². The van der Waals surface area contributed by atoms with Gasteiger partial charge in [-0.15, -0.1) is 11.3 Å². The summed E-state index contributed by atoms with van der Waals surface area (Å²) < 4.78 is 1.06. The van der Waals surface area contributed by atoms with E-state index >= 15 is 0 Å². The van der Waals surface area contributed by atoms with Crippen molar-refractivity contribution in [1.82, 2.24) is 14.8 Å². The second kappa shape index (κ2) is 9.84. The number of aryl methyl sites for hydroxylation is 1. The van der Waals surface area contributed by atoms with E-state index in [1.54, 1.807) is 11.3 Å². The molecule has 7 nitrogen and oxygen atoms in total. The van der Waals surface area contributed by atoms with Gasteiger partial charge in [-0.2, -0.15) is 0 Å². The Balaban J connectivity index is 1.29. The number of aromatic nitrogens is 1. The van der Waals surface area contributed by atoms with Gasteiger partial charge in [-0.25, -0.2) is 0 Å². The summed E-state index contributed by atoms with van der Waals surface area (Å²) in [7, 11) is 0. The van der Waals surface area contributed by atoms with Gasteiger partial charge in [0.1, 0.15) is 0 Å². The van der Waals surface area contributed by atoms with Crippen LogP contribution < -0.4 is 4.90 Å². The van der Waals surface area contributed by atoms with Crippen LogP contribution in [0.4, 0.5) is 5.69 Å². The Kier molecular flexibility index (Phi) is 6.42. The standard InChI is InChI=1S/C30H33ClN4O3S/c31-20-13-19-3-1-10-34(21-16-30(7-2-8-30)33(17-21)11-12-36)28(19)24(14-20)23-6-9-32-25-15-22(39-29(23)25)18-35-26(37)4-5-27(35)38/h6,9,13-15,21,36H,1-5,7-8,10-12,16-18H2/t21-/m0/s1. The van der Waals surface area contributed by atoms with E-state index in [-0.39, 0.29) is 24.0 Å². The Bertz CT molecular complexity index is 1450. The van der Waals surface area contributed by atoms with Gasteiger partial charge >= 0.3 is 0 Å². The molecule has 1 aliphatic carbocycles. The van der Waals surface area contributed by atoms with Crippen molar-refractivity contribution in [3.63, 3.8) is 0 Å². The lowest BCUT2D eigenvalue weighted by Crippen LogP contribution is -2.50. The second-order valence-corrected chi connectivity index (χ2v) is 13.1. The Labute approximate surface area is 237 Å². The lowest BCUT2D eigenvalue weighted by Gasteiger charge is -2.46. The molecule has 3 aromatic rings. The zero-order valence-electron chi connectivity index (χ0n) is 22.0. The molecule has 2 saturated heterocycles. The zero-order valence-corrected chi connectivity index (χ0v) is 23.6. The molecule has 1 aromatic carbocycles. The van der Waals surface area contributed by atoms with E-state index in [0.717, 1.165) is 70.1 Å². The van der Waals surface area contributed by atoms with Crippen LogP contribution in [-0.4, -0.2) is 69.5 Å². The van der Waals surface area contributed by atoms with Gasteiger partial charge in [0.2, 0.25) is 11.8 Å². The average Bonchev–Trinajstić information content (AvgIpc) is 3.59. The van der Waals surface area contributed by atoms with Crippen LogP contribution in [0, 0.1) is 0 Å². The molecular formula is C30H33ClN4O3S. The third-order valence-electron chi connectivity index (χ3n) is 9.32. The van der Waals surface area contributed by atoms with Crippen molar-refractivity contribution in [3.8, 4) is 11.1 Å². The molecule has 5 heterocycles. The maximum Gasteiger partial charge on any atom is 0.230 e. The Hall–Kier alpha value is -2.52. The molecule has 1 spiro atoms. The average molecular weight is 565 g/mol. The maximum atomic E-state index is 12.2. The van der Waals surface area contributed by atoms with Gasteiger partial charge in [-0.1, -0.05) is 11.6 Å². The minimum Gasteiger partial charge on any atom is -0.395 e. The molecule has 7 rings (SSSR count). The van der Waals surface area contributed by atoms with Gasteiger partial charge in [0, 0.05) is 77.0 Å². The van der Waals surface area contributed by atoms with Gasteiger partial charge in [-0.3, -0.25) is 24.4 Å². The van der Waals surface area contributed by atoms with Crippen LogP contribution in [-0.2, 0) is 22.6 Å². The minimum absolute atomic E-state index is 0.0961. The molecule has 9 heteroatoms. The fraction of sp³-hybridized carbons (Fsp3) is 0.500. The van der Waals surface area contributed by atoms with Crippen molar-refractivity contribution in [2.45, 2.75) is 69.5 Å². The number of fused-ring (bicyclic) bond motifs is 2. The monoisotopic (exact) mass is 564 g/mol. The summed E-state index contributed by atoms with van der Waals surface area (Å²) in [5.74, 6) is -0.192. The first-order valence-electron chi connectivity index (χ1n) is 14.1. The van der Waals surface area contributed by atoms with Crippen LogP contribution in [0.5, 0.6) is 0 Å². The molecule has 39 heavy (non-hydrogen) atoms. The number of rotatable bonds is 6. The number of carbonyl (C=O) groups excluding carboxylic acids is 2. The molecule has 3 fully saturated rings. The van der Waals surface area contributed by atoms with Crippen LogP contribution >= 0.6 is 22.9 Å². The largest absolute Gasteiger partial charge is 0.395 e. The van der Waals surface area contributed by atoms with Crippen LogP contribution in [0.1, 0.15) is 55.4 Å². The molecule has 1 N–H and O–H groups in total. The van der Waals surface area contributed by atoms with Crippen molar-refractivity contribution in [2.75, 3.05) is 31.1 Å². The van der Waals surface area contributed by atoms with Crippen LogP contribution in [0.3, 0.4) is 0 Å². The fourth-order valence-corrected chi connectivity index (χ4v) is 8.75. The number of pyridine rings is 1. The first-order chi connectivity index (χ1) is 19.0. The summed E-state index contributed by atoms with van der Waals surface area (Å²) in [6.45, 7) is 3.25. The predicted molar refractivity (Wildman–Crippen MR) is 154 cm³/mol. The lowest BCUT2D eigenvalue weighted by atomic mass is 9.74. The number of imide groups is 1. The highest BCUT2D eigenvalue weighted by Crippen LogP contribution is 2.50. The molecular weight excluding hydrogens is 532 g/mol. The van der Waals surface area contributed by atoms with Crippen LogP contribution in [0.25, 0.3) is 21.3 Å². The molecule has 0 unspecified atom stereocenters. The summed E-state index contributed by atoms with van der Waals surface area (Å²) in [6.07, 6.45) is 9.42. The number of benzene rings is 1. The summed E-state index contributed by atoms with van der Waals surface area (Å²) in [6, 6.07) is 8.73. The van der Waals surface area contributed by atoms with Crippen molar-refractivity contribution < 1.29 is 14.7 Å². The Morgan fingerprint density at radius 2 is 1.90 bits per heavy atom. The van der Waals surface area contributed by atoms with Gasteiger partial charge in [0.05, 0.1) is 23.4 Å². The van der Waals surface area contributed by atoms with Gasteiger partial charge in [0.15, 0.2) is 0 Å². The first kappa shape index (κ1) is 25.4. The van der Waals surface area contributed by atoms with Crippen molar-refractivity contribution >= 4 is 50.7 Å². The molecule has 204 valence electrons. The number of β-amino-alcohol motifs (C(OH)–C–C–N with tert-alkyl or cyclic N) is 1. The van der Waals surface area contributed by atoms with E-state index in [9.17, 15) is 14.7 Å². The summed E-state index contributed by atoms with van der Waals surface area (Å²) in [5.41, 5.74) is 5.94. The lowest BCUT2D eigenvalue weighted by molar-refractivity contribution is -0.138. The van der Waals surface area contributed by atoms with Crippen LogP contribution in [0.15, 0.2) is 30.5 Å². The van der Waals surface area contributed by atoms with E-state index < -0.39 is 0 Å². The Morgan fingerprint density at radius 1 is 1.08 bits per heavy atom. The molecule has 1 saturated carbocycles. The summed E-state index contributed by atoms with van der Waals surface area (Å²) >= 11 is 8.35. The third kappa shape index (κ3) is 4.27. The highest BCUT2D eigenvalue weighted by Gasteiger charge is 2.50. The highest BCUT2D eigenvalue weighted by molar-refractivity contribution is 7.19.